The summed E-state index contributed by atoms with van der Waals surface area (Å²) in [6, 6.07) is 0. The summed E-state index contributed by atoms with van der Waals surface area (Å²) in [4.78, 5) is 15.2. The van der Waals surface area contributed by atoms with Crippen molar-refractivity contribution in [1.82, 2.24) is 4.98 Å². The van der Waals surface area contributed by atoms with Crippen molar-refractivity contribution in [2.75, 3.05) is 12.4 Å². The van der Waals surface area contributed by atoms with Crippen LogP contribution in [0.5, 0.6) is 0 Å². The van der Waals surface area contributed by atoms with Crippen molar-refractivity contribution in [3.05, 3.63) is 23.8 Å². The molecule has 1 aromatic rings. The monoisotopic (exact) mass is 256 g/mol. The molecular formula is C12H17FN2O3. The van der Waals surface area contributed by atoms with E-state index in [9.17, 15) is 9.18 Å². The molecule has 0 saturated carbocycles. The highest BCUT2D eigenvalue weighted by atomic mass is 19.1. The summed E-state index contributed by atoms with van der Waals surface area (Å²) >= 11 is 0. The minimum absolute atomic E-state index is 0.0412. The molecule has 1 aromatic heterocycles. The van der Waals surface area contributed by atoms with Crippen LogP contribution in [0.2, 0.25) is 0 Å². The van der Waals surface area contributed by atoms with Crippen LogP contribution < -0.4 is 5.32 Å². The molecule has 0 spiro atoms. The van der Waals surface area contributed by atoms with Gasteiger partial charge in [0.15, 0.2) is 0 Å². The maximum absolute atomic E-state index is 13.5. The van der Waals surface area contributed by atoms with Gasteiger partial charge in [0.2, 0.25) is 0 Å². The number of hydrogen-bond donors (Lipinski definition) is 1. The summed E-state index contributed by atoms with van der Waals surface area (Å²) < 4.78 is 23.4. The fourth-order valence-electron chi connectivity index (χ4n) is 1.27. The Morgan fingerprint density at radius 2 is 2.11 bits per heavy atom. The second-order valence-electron chi connectivity index (χ2n) is 4.71. The number of aromatic nitrogens is 1. The van der Waals surface area contributed by atoms with E-state index in [-0.39, 0.29) is 17.9 Å². The number of nitrogens with zero attached hydrogens (tertiary/aromatic N) is 1. The van der Waals surface area contributed by atoms with Gasteiger partial charge in [-0.05, 0) is 20.8 Å². The number of hydrogen-bond acceptors (Lipinski definition) is 4. The second kappa shape index (κ2) is 5.77. The fraction of sp³-hybridized carbons (Fsp3) is 0.500. The number of rotatable bonds is 3. The number of nitrogens with one attached hydrogen (secondary N) is 1. The van der Waals surface area contributed by atoms with Crippen LogP contribution in [-0.4, -0.2) is 23.8 Å². The van der Waals surface area contributed by atoms with E-state index in [4.69, 9.17) is 9.47 Å². The van der Waals surface area contributed by atoms with E-state index >= 15 is 0 Å². The zero-order valence-corrected chi connectivity index (χ0v) is 10.9. The van der Waals surface area contributed by atoms with Gasteiger partial charge in [-0.3, -0.25) is 10.3 Å². The van der Waals surface area contributed by atoms with Gasteiger partial charge in [-0.15, -0.1) is 0 Å². The third kappa shape index (κ3) is 4.29. The quantitative estimate of drug-likeness (QED) is 0.903. The summed E-state index contributed by atoms with van der Waals surface area (Å²) in [5.41, 5.74) is -0.142. The van der Waals surface area contributed by atoms with E-state index in [2.05, 4.69) is 10.3 Å². The average molecular weight is 256 g/mol. The van der Waals surface area contributed by atoms with Gasteiger partial charge < -0.3 is 9.47 Å². The maximum atomic E-state index is 13.5. The number of carbonyl (C=O) groups excluding carboxylic acids is 1. The molecule has 0 bridgehead atoms. The fourth-order valence-corrected chi connectivity index (χ4v) is 1.27. The van der Waals surface area contributed by atoms with Crippen LogP contribution in [0.4, 0.5) is 14.9 Å². The molecule has 0 radical (unpaired) electrons. The molecule has 5 nitrogen and oxygen atoms in total. The van der Waals surface area contributed by atoms with E-state index in [0.29, 0.717) is 0 Å². The topological polar surface area (TPSA) is 60.5 Å². The standard InChI is InChI=1S/C12H17FN2O3/c1-12(2,3)18-11(16)15-10-6-14-5-9(13)8(10)7-17-4/h5-6H,7H2,1-4H3,(H,15,16). The van der Waals surface area contributed by atoms with Gasteiger partial charge >= 0.3 is 6.09 Å². The van der Waals surface area contributed by atoms with Crippen LogP contribution in [0.1, 0.15) is 26.3 Å². The second-order valence-corrected chi connectivity index (χ2v) is 4.71. The number of halogens is 1. The average Bonchev–Trinajstić information content (AvgIpc) is 2.20. The molecule has 0 aliphatic rings. The molecule has 1 heterocycles. The van der Waals surface area contributed by atoms with Crippen molar-refractivity contribution in [2.24, 2.45) is 0 Å². The molecule has 1 rings (SSSR count). The molecule has 100 valence electrons. The minimum atomic E-state index is -0.660. The zero-order chi connectivity index (χ0) is 13.8. The normalized spacial score (nSPS) is 11.2. The number of carbonyl (C=O) groups is 1. The summed E-state index contributed by atoms with van der Waals surface area (Å²) in [6.07, 6.45) is 1.75. The summed E-state index contributed by atoms with van der Waals surface area (Å²) in [5.74, 6) is -0.537. The van der Waals surface area contributed by atoms with Gasteiger partial charge in [0.1, 0.15) is 11.4 Å². The number of amides is 1. The highest BCUT2D eigenvalue weighted by Gasteiger charge is 2.18. The zero-order valence-electron chi connectivity index (χ0n) is 10.9. The van der Waals surface area contributed by atoms with Crippen molar-refractivity contribution in [2.45, 2.75) is 33.0 Å². The maximum Gasteiger partial charge on any atom is 0.412 e. The molecule has 1 amide bonds. The number of methoxy groups -OCH3 is 1. The Bertz CT molecular complexity index is 430. The molecule has 0 saturated heterocycles. The van der Waals surface area contributed by atoms with Crippen molar-refractivity contribution in [3.63, 3.8) is 0 Å². The molecule has 0 aliphatic carbocycles. The first kappa shape index (κ1) is 14.4. The van der Waals surface area contributed by atoms with E-state index in [0.717, 1.165) is 6.20 Å². The molecule has 0 aliphatic heterocycles. The first-order chi connectivity index (χ1) is 8.33. The Morgan fingerprint density at radius 3 is 2.67 bits per heavy atom. The Hall–Kier alpha value is -1.69. The largest absolute Gasteiger partial charge is 0.444 e. The Morgan fingerprint density at radius 1 is 1.44 bits per heavy atom. The van der Waals surface area contributed by atoms with Crippen molar-refractivity contribution in [1.29, 1.82) is 0 Å². The third-order valence-electron chi connectivity index (χ3n) is 1.93. The molecule has 0 unspecified atom stereocenters. The van der Waals surface area contributed by atoms with E-state index in [1.165, 1.54) is 13.3 Å². The summed E-state index contributed by atoms with van der Waals surface area (Å²) in [7, 11) is 1.44. The number of ether oxygens (including phenoxy) is 2. The van der Waals surface area contributed by atoms with E-state index in [1.54, 1.807) is 20.8 Å². The van der Waals surface area contributed by atoms with E-state index < -0.39 is 17.5 Å². The highest BCUT2D eigenvalue weighted by molar-refractivity contribution is 5.85. The Balaban J connectivity index is 2.84. The lowest BCUT2D eigenvalue weighted by Gasteiger charge is -2.20. The van der Waals surface area contributed by atoms with Crippen molar-refractivity contribution in [3.8, 4) is 0 Å². The first-order valence-corrected chi connectivity index (χ1v) is 5.45. The number of anilines is 1. The highest BCUT2D eigenvalue weighted by Crippen LogP contribution is 2.19. The lowest BCUT2D eigenvalue weighted by molar-refractivity contribution is 0.0635. The van der Waals surface area contributed by atoms with Crippen LogP contribution >= 0.6 is 0 Å². The van der Waals surface area contributed by atoms with Gasteiger partial charge in [0.25, 0.3) is 0 Å². The van der Waals surface area contributed by atoms with Gasteiger partial charge in [0.05, 0.1) is 24.7 Å². The van der Waals surface area contributed by atoms with Crippen LogP contribution in [0.25, 0.3) is 0 Å². The first-order valence-electron chi connectivity index (χ1n) is 5.45. The van der Waals surface area contributed by atoms with Crippen LogP contribution in [-0.2, 0) is 16.1 Å². The lowest BCUT2D eigenvalue weighted by atomic mass is 10.2. The number of pyridine rings is 1. The molecule has 0 aromatic carbocycles. The molecule has 0 atom stereocenters. The van der Waals surface area contributed by atoms with Gasteiger partial charge in [-0.1, -0.05) is 0 Å². The predicted octanol–water partition coefficient (Wildman–Crippen LogP) is 2.71. The van der Waals surface area contributed by atoms with Gasteiger partial charge in [-0.25, -0.2) is 9.18 Å². The van der Waals surface area contributed by atoms with Crippen LogP contribution in [0, 0.1) is 5.82 Å². The van der Waals surface area contributed by atoms with Crippen LogP contribution in [0.3, 0.4) is 0 Å². The molecule has 18 heavy (non-hydrogen) atoms. The van der Waals surface area contributed by atoms with E-state index in [1.807, 2.05) is 0 Å². The SMILES string of the molecule is COCc1c(F)cncc1NC(=O)OC(C)(C)C. The Kier molecular flexibility index (Phi) is 4.61. The minimum Gasteiger partial charge on any atom is -0.444 e. The summed E-state index contributed by atoms with van der Waals surface area (Å²) in [6.45, 7) is 5.27. The molecule has 0 fully saturated rings. The van der Waals surface area contributed by atoms with Crippen LogP contribution in [0.15, 0.2) is 12.4 Å². The lowest BCUT2D eigenvalue weighted by Crippen LogP contribution is -2.27. The molecular weight excluding hydrogens is 239 g/mol. The predicted molar refractivity (Wildman–Crippen MR) is 64.8 cm³/mol. The summed E-state index contributed by atoms with van der Waals surface area (Å²) in [5, 5.41) is 2.45. The van der Waals surface area contributed by atoms with Crippen molar-refractivity contribution >= 4 is 11.8 Å². The third-order valence-corrected chi connectivity index (χ3v) is 1.93. The Labute approximate surface area is 105 Å². The smallest absolute Gasteiger partial charge is 0.412 e. The molecule has 6 heteroatoms. The van der Waals surface area contributed by atoms with Gasteiger partial charge in [0, 0.05) is 12.7 Å². The van der Waals surface area contributed by atoms with Gasteiger partial charge in [-0.2, -0.15) is 0 Å². The molecule has 1 N–H and O–H groups in total. The van der Waals surface area contributed by atoms with Crippen molar-refractivity contribution < 1.29 is 18.7 Å².